The number of unbranched alkanes of at least 4 members (excludes halogenated alkanes) is 2. The van der Waals surface area contributed by atoms with Crippen LogP contribution in [0.2, 0.25) is 0 Å². The zero-order valence-corrected chi connectivity index (χ0v) is 13.3. The van der Waals surface area contributed by atoms with Crippen LogP contribution in [0.3, 0.4) is 0 Å². The molecular formula is C15H35N3. The normalized spacial score (nSPS) is 12.0. The largest absolute Gasteiger partial charge is 0.317 e. The van der Waals surface area contributed by atoms with Crippen molar-refractivity contribution >= 4 is 0 Å². The lowest BCUT2D eigenvalue weighted by atomic mass is 10.2. The van der Waals surface area contributed by atoms with Crippen LogP contribution in [-0.4, -0.2) is 63.2 Å². The summed E-state index contributed by atoms with van der Waals surface area (Å²) in [6, 6.07) is 0. The van der Waals surface area contributed by atoms with Crippen LogP contribution < -0.4 is 5.32 Å². The van der Waals surface area contributed by atoms with Crippen molar-refractivity contribution in [3.05, 3.63) is 0 Å². The summed E-state index contributed by atoms with van der Waals surface area (Å²) in [5.74, 6) is 0.772. The molecule has 0 spiro atoms. The van der Waals surface area contributed by atoms with E-state index < -0.39 is 0 Å². The molecule has 0 saturated heterocycles. The van der Waals surface area contributed by atoms with Crippen molar-refractivity contribution in [2.45, 2.75) is 40.0 Å². The predicted octanol–water partition coefficient (Wildman–Crippen LogP) is 2.29. The van der Waals surface area contributed by atoms with Gasteiger partial charge in [0.25, 0.3) is 0 Å². The number of rotatable bonds is 12. The van der Waals surface area contributed by atoms with Crippen LogP contribution in [0.25, 0.3) is 0 Å². The minimum atomic E-state index is 0.772. The highest BCUT2D eigenvalue weighted by atomic mass is 15.2. The SMILES string of the molecule is CCNCCCCCN(CCN(C)C)CC(C)C. The minimum absolute atomic E-state index is 0.772. The van der Waals surface area contributed by atoms with Gasteiger partial charge in [-0.25, -0.2) is 0 Å². The van der Waals surface area contributed by atoms with Crippen LogP contribution in [0.4, 0.5) is 0 Å². The van der Waals surface area contributed by atoms with E-state index in [1.54, 1.807) is 0 Å². The van der Waals surface area contributed by atoms with E-state index in [2.05, 4.69) is 50.0 Å². The Kier molecular flexibility index (Phi) is 11.9. The highest BCUT2D eigenvalue weighted by Crippen LogP contribution is 2.03. The quantitative estimate of drug-likeness (QED) is 0.541. The first kappa shape index (κ1) is 17.9. The van der Waals surface area contributed by atoms with E-state index in [1.165, 1.54) is 52.0 Å². The molecule has 0 bridgehead atoms. The number of hydrogen-bond acceptors (Lipinski definition) is 3. The molecule has 0 aromatic carbocycles. The summed E-state index contributed by atoms with van der Waals surface area (Å²) in [6.07, 6.45) is 4.01. The third kappa shape index (κ3) is 12.3. The third-order valence-electron chi connectivity index (χ3n) is 3.06. The second-order valence-electron chi connectivity index (χ2n) is 5.91. The van der Waals surface area contributed by atoms with E-state index in [0.29, 0.717) is 0 Å². The topological polar surface area (TPSA) is 18.5 Å². The van der Waals surface area contributed by atoms with Gasteiger partial charge in [-0.3, -0.25) is 0 Å². The minimum Gasteiger partial charge on any atom is -0.317 e. The van der Waals surface area contributed by atoms with Gasteiger partial charge in [-0.15, -0.1) is 0 Å². The van der Waals surface area contributed by atoms with Crippen molar-refractivity contribution in [1.82, 2.24) is 15.1 Å². The van der Waals surface area contributed by atoms with E-state index in [0.717, 1.165) is 12.5 Å². The van der Waals surface area contributed by atoms with Crippen LogP contribution in [0, 0.1) is 5.92 Å². The van der Waals surface area contributed by atoms with Gasteiger partial charge in [-0.05, 0) is 52.5 Å². The maximum Gasteiger partial charge on any atom is 0.0109 e. The van der Waals surface area contributed by atoms with E-state index in [1.807, 2.05) is 0 Å². The van der Waals surface area contributed by atoms with Gasteiger partial charge in [0, 0.05) is 19.6 Å². The molecule has 0 amide bonds. The summed E-state index contributed by atoms with van der Waals surface area (Å²) in [7, 11) is 4.31. The molecule has 110 valence electrons. The maximum atomic E-state index is 3.39. The zero-order chi connectivity index (χ0) is 13.8. The fourth-order valence-corrected chi connectivity index (χ4v) is 2.09. The van der Waals surface area contributed by atoms with E-state index in [9.17, 15) is 0 Å². The Labute approximate surface area is 115 Å². The molecule has 0 fully saturated rings. The molecule has 3 nitrogen and oxygen atoms in total. The van der Waals surface area contributed by atoms with Gasteiger partial charge in [-0.2, -0.15) is 0 Å². The number of likely N-dealkylation sites (N-methyl/N-ethyl adjacent to an activating group) is 1. The molecule has 0 aliphatic rings. The van der Waals surface area contributed by atoms with Crippen molar-refractivity contribution in [3.63, 3.8) is 0 Å². The lowest BCUT2D eigenvalue weighted by Crippen LogP contribution is -2.35. The molecule has 18 heavy (non-hydrogen) atoms. The lowest BCUT2D eigenvalue weighted by molar-refractivity contribution is 0.215. The fraction of sp³-hybridized carbons (Fsp3) is 1.00. The first-order valence-electron chi connectivity index (χ1n) is 7.64. The van der Waals surface area contributed by atoms with Gasteiger partial charge in [0.1, 0.15) is 0 Å². The summed E-state index contributed by atoms with van der Waals surface area (Å²) < 4.78 is 0. The molecule has 0 aromatic rings. The van der Waals surface area contributed by atoms with Crippen molar-refractivity contribution in [1.29, 1.82) is 0 Å². The van der Waals surface area contributed by atoms with Crippen LogP contribution in [0.15, 0.2) is 0 Å². The van der Waals surface area contributed by atoms with Crippen molar-refractivity contribution in [2.24, 2.45) is 5.92 Å². The number of hydrogen-bond donors (Lipinski definition) is 1. The van der Waals surface area contributed by atoms with Crippen molar-refractivity contribution < 1.29 is 0 Å². The van der Waals surface area contributed by atoms with Gasteiger partial charge >= 0.3 is 0 Å². The molecule has 0 aliphatic carbocycles. The molecule has 3 heteroatoms. The van der Waals surface area contributed by atoms with E-state index in [-0.39, 0.29) is 0 Å². The first-order chi connectivity index (χ1) is 8.56. The second-order valence-corrected chi connectivity index (χ2v) is 5.91. The fourth-order valence-electron chi connectivity index (χ4n) is 2.09. The van der Waals surface area contributed by atoms with Gasteiger partial charge in [-0.1, -0.05) is 27.2 Å². The summed E-state index contributed by atoms with van der Waals surface area (Å²) in [5.41, 5.74) is 0. The number of nitrogens with one attached hydrogen (secondary N) is 1. The Morgan fingerprint density at radius 2 is 1.67 bits per heavy atom. The smallest absolute Gasteiger partial charge is 0.0109 e. The van der Waals surface area contributed by atoms with E-state index in [4.69, 9.17) is 0 Å². The van der Waals surface area contributed by atoms with Crippen molar-refractivity contribution in [2.75, 3.05) is 53.4 Å². The van der Waals surface area contributed by atoms with Gasteiger partial charge in [0.15, 0.2) is 0 Å². The van der Waals surface area contributed by atoms with E-state index >= 15 is 0 Å². The molecule has 0 aliphatic heterocycles. The highest BCUT2D eigenvalue weighted by Gasteiger charge is 2.07. The maximum absolute atomic E-state index is 3.39. The summed E-state index contributed by atoms with van der Waals surface area (Å²) in [4.78, 5) is 4.90. The van der Waals surface area contributed by atoms with Crippen LogP contribution >= 0.6 is 0 Å². The van der Waals surface area contributed by atoms with Crippen LogP contribution in [0.5, 0.6) is 0 Å². The Morgan fingerprint density at radius 3 is 2.22 bits per heavy atom. The van der Waals surface area contributed by atoms with Crippen LogP contribution in [0.1, 0.15) is 40.0 Å². The van der Waals surface area contributed by atoms with Gasteiger partial charge in [0.05, 0.1) is 0 Å². The Bertz CT molecular complexity index is 169. The predicted molar refractivity (Wildman–Crippen MR) is 82.2 cm³/mol. The Hall–Kier alpha value is -0.120. The Morgan fingerprint density at radius 1 is 0.944 bits per heavy atom. The molecule has 0 rings (SSSR count). The Balaban J connectivity index is 3.65. The van der Waals surface area contributed by atoms with Crippen LogP contribution in [-0.2, 0) is 0 Å². The summed E-state index contributed by atoms with van der Waals surface area (Å²) >= 11 is 0. The molecule has 0 unspecified atom stereocenters. The molecular weight excluding hydrogens is 222 g/mol. The van der Waals surface area contributed by atoms with Gasteiger partial charge in [0.2, 0.25) is 0 Å². The summed E-state index contributed by atoms with van der Waals surface area (Å²) in [5, 5.41) is 3.39. The first-order valence-corrected chi connectivity index (χ1v) is 7.64. The average Bonchev–Trinajstić information content (AvgIpc) is 2.29. The molecule has 0 aromatic heterocycles. The molecule has 1 N–H and O–H groups in total. The number of nitrogens with zero attached hydrogens (tertiary/aromatic N) is 2. The molecule has 0 atom stereocenters. The highest BCUT2D eigenvalue weighted by molar-refractivity contribution is 4.62. The zero-order valence-electron chi connectivity index (χ0n) is 13.3. The lowest BCUT2D eigenvalue weighted by Gasteiger charge is -2.25. The molecule has 0 saturated carbocycles. The van der Waals surface area contributed by atoms with Gasteiger partial charge < -0.3 is 15.1 Å². The summed E-state index contributed by atoms with van der Waals surface area (Å²) in [6.45, 7) is 14.0. The molecule has 0 radical (unpaired) electrons. The third-order valence-corrected chi connectivity index (χ3v) is 3.06. The second kappa shape index (κ2) is 11.9. The standard InChI is InChI=1S/C15H35N3/c1-6-16-10-8-7-9-11-18(14-15(2)3)13-12-17(4)5/h15-16H,6-14H2,1-5H3. The van der Waals surface area contributed by atoms with Crippen molar-refractivity contribution in [3.8, 4) is 0 Å². The molecule has 0 heterocycles. The average molecular weight is 257 g/mol. The monoisotopic (exact) mass is 257 g/mol.